The van der Waals surface area contributed by atoms with Crippen molar-refractivity contribution in [3.63, 3.8) is 0 Å². The number of rotatable bonds is 5. The predicted octanol–water partition coefficient (Wildman–Crippen LogP) is 2.86. The van der Waals surface area contributed by atoms with Crippen LogP contribution in [0.25, 0.3) is 10.8 Å². The molecule has 26 heavy (non-hydrogen) atoms. The molecule has 0 saturated carbocycles. The number of hydrogen-bond acceptors (Lipinski definition) is 8. The van der Waals surface area contributed by atoms with Crippen molar-refractivity contribution < 1.29 is 17.6 Å². The van der Waals surface area contributed by atoms with E-state index in [1.165, 1.54) is 35.6 Å². The quantitative estimate of drug-likeness (QED) is 0.710. The molecule has 10 heteroatoms. The number of aryl methyl sites for hydroxylation is 2. The maximum Gasteiger partial charge on any atom is 0.322 e. The predicted molar refractivity (Wildman–Crippen MR) is 97.0 cm³/mol. The molecule has 136 valence electrons. The zero-order valence-corrected chi connectivity index (χ0v) is 15.9. The highest BCUT2D eigenvalue weighted by Gasteiger charge is 2.17. The Morgan fingerprint density at radius 2 is 1.88 bits per heavy atom. The van der Waals surface area contributed by atoms with E-state index in [0.717, 1.165) is 15.6 Å². The monoisotopic (exact) mass is 392 g/mol. The molecule has 1 amide bonds. The summed E-state index contributed by atoms with van der Waals surface area (Å²) in [4.78, 5) is 17.5. The minimum Gasteiger partial charge on any atom is -0.402 e. The number of carbonyl (C=O) groups is 1. The highest BCUT2D eigenvalue weighted by molar-refractivity contribution is 7.91. The summed E-state index contributed by atoms with van der Waals surface area (Å²) < 4.78 is 29.1. The summed E-state index contributed by atoms with van der Waals surface area (Å²) >= 11 is 1.43. The number of anilines is 1. The summed E-state index contributed by atoms with van der Waals surface area (Å²) in [5, 5.41) is 11.1. The standard InChI is InChI=1S/C16H16N4O4S2/c1-4-26(22,23)12-7-5-11(6-8-12)14(21)18-16-20-19-15(24-16)13-9(2)17-10(3)25-13/h5-8H,4H2,1-3H3,(H,18,20,21). The summed E-state index contributed by atoms with van der Waals surface area (Å²) in [5.74, 6) is -0.189. The smallest absolute Gasteiger partial charge is 0.322 e. The van der Waals surface area contributed by atoms with Crippen LogP contribution < -0.4 is 5.32 Å². The number of nitrogens with zero attached hydrogens (tertiary/aromatic N) is 3. The molecule has 0 aliphatic carbocycles. The van der Waals surface area contributed by atoms with Crippen LogP contribution in [-0.4, -0.2) is 35.3 Å². The van der Waals surface area contributed by atoms with Gasteiger partial charge in [0.15, 0.2) is 9.84 Å². The fraction of sp³-hybridized carbons (Fsp3) is 0.250. The number of aromatic nitrogens is 3. The number of carbonyl (C=O) groups excluding carboxylic acids is 1. The average molecular weight is 392 g/mol. The summed E-state index contributed by atoms with van der Waals surface area (Å²) in [5.41, 5.74) is 1.06. The molecule has 0 unspecified atom stereocenters. The van der Waals surface area contributed by atoms with Gasteiger partial charge in [-0.3, -0.25) is 10.1 Å². The molecule has 0 saturated heterocycles. The molecule has 1 N–H and O–H groups in total. The third-order valence-corrected chi connectivity index (χ3v) is 6.41. The van der Waals surface area contributed by atoms with Gasteiger partial charge in [0.25, 0.3) is 11.8 Å². The number of benzene rings is 1. The van der Waals surface area contributed by atoms with Gasteiger partial charge in [0.2, 0.25) is 0 Å². The minimum atomic E-state index is -3.31. The second-order valence-electron chi connectivity index (χ2n) is 5.44. The third kappa shape index (κ3) is 3.65. The first-order chi connectivity index (χ1) is 12.3. The number of hydrogen-bond donors (Lipinski definition) is 1. The highest BCUT2D eigenvalue weighted by Crippen LogP contribution is 2.29. The van der Waals surface area contributed by atoms with Crippen molar-refractivity contribution in [2.75, 3.05) is 11.1 Å². The molecule has 0 spiro atoms. The largest absolute Gasteiger partial charge is 0.402 e. The zero-order valence-electron chi connectivity index (χ0n) is 14.3. The van der Waals surface area contributed by atoms with Crippen LogP contribution in [0.4, 0.5) is 6.01 Å². The topological polar surface area (TPSA) is 115 Å². The maximum absolute atomic E-state index is 12.3. The van der Waals surface area contributed by atoms with E-state index in [1.807, 2.05) is 13.8 Å². The molecule has 2 aromatic heterocycles. The molecule has 0 aliphatic heterocycles. The molecule has 0 bridgehead atoms. The van der Waals surface area contributed by atoms with E-state index in [9.17, 15) is 13.2 Å². The van der Waals surface area contributed by atoms with Crippen LogP contribution in [0.5, 0.6) is 0 Å². The van der Waals surface area contributed by atoms with Gasteiger partial charge in [-0.1, -0.05) is 12.0 Å². The first kappa shape index (κ1) is 18.2. The van der Waals surface area contributed by atoms with Gasteiger partial charge in [-0.15, -0.1) is 16.4 Å². The van der Waals surface area contributed by atoms with Crippen LogP contribution in [0, 0.1) is 13.8 Å². The fourth-order valence-corrected chi connectivity index (χ4v) is 3.97. The number of nitrogens with one attached hydrogen (secondary N) is 1. The van der Waals surface area contributed by atoms with E-state index in [2.05, 4.69) is 20.5 Å². The summed E-state index contributed by atoms with van der Waals surface area (Å²) in [6, 6.07) is 5.63. The lowest BCUT2D eigenvalue weighted by atomic mass is 10.2. The lowest BCUT2D eigenvalue weighted by Gasteiger charge is -2.03. The maximum atomic E-state index is 12.3. The molecule has 1 aromatic carbocycles. The van der Waals surface area contributed by atoms with Gasteiger partial charge in [0, 0.05) is 5.56 Å². The number of amides is 1. The Morgan fingerprint density at radius 3 is 2.46 bits per heavy atom. The number of sulfone groups is 1. The average Bonchev–Trinajstić information content (AvgIpc) is 3.20. The van der Waals surface area contributed by atoms with Gasteiger partial charge < -0.3 is 4.42 Å². The molecular formula is C16H16N4O4S2. The molecule has 8 nitrogen and oxygen atoms in total. The normalized spacial score (nSPS) is 11.5. The lowest BCUT2D eigenvalue weighted by Crippen LogP contribution is -2.12. The first-order valence-corrected chi connectivity index (χ1v) is 10.2. The summed E-state index contributed by atoms with van der Waals surface area (Å²) in [7, 11) is -3.31. The second-order valence-corrected chi connectivity index (χ2v) is 8.92. The van der Waals surface area contributed by atoms with E-state index in [-0.39, 0.29) is 28.1 Å². The van der Waals surface area contributed by atoms with Crippen LogP contribution >= 0.6 is 11.3 Å². The fourth-order valence-electron chi connectivity index (χ4n) is 2.24. The van der Waals surface area contributed by atoms with Crippen molar-refractivity contribution in [1.29, 1.82) is 0 Å². The van der Waals surface area contributed by atoms with E-state index >= 15 is 0 Å². The third-order valence-electron chi connectivity index (χ3n) is 3.60. The van der Waals surface area contributed by atoms with Crippen molar-refractivity contribution >= 4 is 33.1 Å². The van der Waals surface area contributed by atoms with Crippen molar-refractivity contribution in [3.05, 3.63) is 40.5 Å². The molecular weight excluding hydrogens is 376 g/mol. The molecule has 3 rings (SSSR count). The van der Waals surface area contributed by atoms with Crippen molar-refractivity contribution in [3.8, 4) is 10.8 Å². The van der Waals surface area contributed by atoms with Crippen LogP contribution in [0.3, 0.4) is 0 Å². The Hall–Kier alpha value is -2.59. The van der Waals surface area contributed by atoms with Crippen LogP contribution in [0.2, 0.25) is 0 Å². The Labute approximate surface area is 154 Å². The van der Waals surface area contributed by atoms with E-state index in [4.69, 9.17) is 4.42 Å². The van der Waals surface area contributed by atoms with Crippen molar-refractivity contribution in [2.24, 2.45) is 0 Å². The minimum absolute atomic E-state index is 0.000225. The Balaban J connectivity index is 1.76. The van der Waals surface area contributed by atoms with Gasteiger partial charge >= 0.3 is 6.01 Å². The summed E-state index contributed by atoms with van der Waals surface area (Å²) in [6.45, 7) is 5.28. The SMILES string of the molecule is CCS(=O)(=O)c1ccc(C(=O)Nc2nnc(-c3sc(C)nc3C)o2)cc1. The second kappa shape index (κ2) is 6.96. The molecule has 0 radical (unpaired) electrons. The van der Waals surface area contributed by atoms with Gasteiger partial charge in [0.05, 0.1) is 21.3 Å². The molecule has 0 aliphatic rings. The van der Waals surface area contributed by atoms with Crippen LogP contribution in [0.15, 0.2) is 33.6 Å². The van der Waals surface area contributed by atoms with Crippen LogP contribution in [-0.2, 0) is 9.84 Å². The first-order valence-electron chi connectivity index (χ1n) is 7.72. The Morgan fingerprint density at radius 1 is 1.19 bits per heavy atom. The molecule has 0 atom stereocenters. The lowest BCUT2D eigenvalue weighted by molar-refractivity contribution is 0.102. The number of thiazole rings is 1. The van der Waals surface area contributed by atoms with Crippen molar-refractivity contribution in [2.45, 2.75) is 25.7 Å². The van der Waals surface area contributed by atoms with Gasteiger partial charge in [-0.2, -0.15) is 0 Å². The Kier molecular flexibility index (Phi) is 4.88. The van der Waals surface area contributed by atoms with Gasteiger partial charge in [-0.05, 0) is 38.1 Å². The zero-order chi connectivity index (χ0) is 18.9. The van der Waals surface area contributed by atoms with E-state index in [0.29, 0.717) is 0 Å². The molecule has 0 fully saturated rings. The van der Waals surface area contributed by atoms with Gasteiger partial charge in [0.1, 0.15) is 4.88 Å². The van der Waals surface area contributed by atoms with Crippen molar-refractivity contribution in [1.82, 2.24) is 15.2 Å². The molecule has 3 aromatic rings. The van der Waals surface area contributed by atoms with E-state index in [1.54, 1.807) is 6.92 Å². The Bertz CT molecular complexity index is 1050. The highest BCUT2D eigenvalue weighted by atomic mass is 32.2. The van der Waals surface area contributed by atoms with Gasteiger partial charge in [-0.25, -0.2) is 13.4 Å². The van der Waals surface area contributed by atoms with E-state index < -0.39 is 15.7 Å². The van der Waals surface area contributed by atoms with Crippen LogP contribution in [0.1, 0.15) is 28.0 Å². The molecule has 2 heterocycles. The summed E-state index contributed by atoms with van der Waals surface area (Å²) in [6.07, 6.45) is 0.